The number of hydrogen-bond acceptors (Lipinski definition) is 5. The zero-order valence-electron chi connectivity index (χ0n) is 17.3. The molecule has 2 aliphatic rings. The Morgan fingerprint density at radius 2 is 1.97 bits per heavy atom. The number of amides is 4. The van der Waals surface area contributed by atoms with Crippen molar-refractivity contribution in [3.63, 3.8) is 0 Å². The van der Waals surface area contributed by atoms with Gasteiger partial charge in [0.2, 0.25) is 17.7 Å². The summed E-state index contributed by atoms with van der Waals surface area (Å²) in [5.74, 6) is -1.16. The summed E-state index contributed by atoms with van der Waals surface area (Å²) in [5, 5.41) is 8.67. The van der Waals surface area contributed by atoms with Crippen molar-refractivity contribution in [2.45, 2.75) is 64.0 Å². The Balaban J connectivity index is 1.52. The molecule has 2 N–H and O–H groups in total. The van der Waals surface area contributed by atoms with Crippen molar-refractivity contribution >= 4 is 29.3 Å². The number of azide groups is 1. The first-order chi connectivity index (χ1) is 15.0. The lowest BCUT2D eigenvalue weighted by Gasteiger charge is -2.29. The van der Waals surface area contributed by atoms with Crippen LogP contribution in [0, 0.1) is 0 Å². The SMILES string of the molecule is [N-]=[N+]=NCCCCCCCC(=O)Nc1cccc2c1CN(C1CCC(=O)NC1=O)C2=O. The summed E-state index contributed by atoms with van der Waals surface area (Å²) in [7, 11) is 0. The van der Waals surface area contributed by atoms with Crippen molar-refractivity contribution < 1.29 is 19.2 Å². The zero-order chi connectivity index (χ0) is 22.2. The number of hydrogen-bond donors (Lipinski definition) is 2. The lowest BCUT2D eigenvalue weighted by atomic mass is 10.0. The maximum atomic E-state index is 12.8. The highest BCUT2D eigenvalue weighted by molar-refractivity contribution is 6.06. The Bertz CT molecular complexity index is 924. The van der Waals surface area contributed by atoms with Crippen LogP contribution in [0.1, 0.15) is 67.3 Å². The largest absolute Gasteiger partial charge is 0.326 e. The number of carbonyl (C=O) groups is 4. The molecule has 1 fully saturated rings. The highest BCUT2D eigenvalue weighted by Crippen LogP contribution is 2.32. The van der Waals surface area contributed by atoms with E-state index in [1.807, 2.05) is 0 Å². The number of piperidine rings is 1. The van der Waals surface area contributed by atoms with Crippen LogP contribution in [0.4, 0.5) is 5.69 Å². The fourth-order valence-corrected chi connectivity index (χ4v) is 3.96. The highest BCUT2D eigenvalue weighted by atomic mass is 16.2. The number of fused-ring (bicyclic) bond motifs is 1. The number of unbranched alkanes of at least 4 members (excludes halogenated alkanes) is 4. The number of benzene rings is 1. The second-order valence-electron chi connectivity index (χ2n) is 7.75. The average Bonchev–Trinajstić information content (AvgIpc) is 3.07. The molecule has 0 spiro atoms. The van der Waals surface area contributed by atoms with Crippen LogP contribution in [0.3, 0.4) is 0 Å². The summed E-state index contributed by atoms with van der Waals surface area (Å²) in [5.41, 5.74) is 9.98. The first-order valence-electron chi connectivity index (χ1n) is 10.6. The second-order valence-corrected chi connectivity index (χ2v) is 7.75. The van der Waals surface area contributed by atoms with Gasteiger partial charge in [0.05, 0.1) is 0 Å². The number of imide groups is 1. The molecule has 0 radical (unpaired) electrons. The maximum absolute atomic E-state index is 12.8. The van der Waals surface area contributed by atoms with Crippen molar-refractivity contribution in [1.82, 2.24) is 10.2 Å². The van der Waals surface area contributed by atoms with Crippen LogP contribution in [0.2, 0.25) is 0 Å². The van der Waals surface area contributed by atoms with Gasteiger partial charge in [-0.2, -0.15) is 0 Å². The molecular formula is C21H26N6O4. The summed E-state index contributed by atoms with van der Waals surface area (Å²) < 4.78 is 0. The predicted molar refractivity (Wildman–Crippen MR) is 113 cm³/mol. The number of nitrogens with one attached hydrogen (secondary N) is 2. The molecule has 0 saturated carbocycles. The van der Waals surface area contributed by atoms with Crippen molar-refractivity contribution in [3.8, 4) is 0 Å². The van der Waals surface area contributed by atoms with Crippen LogP contribution < -0.4 is 10.6 Å². The van der Waals surface area contributed by atoms with E-state index in [4.69, 9.17) is 5.53 Å². The van der Waals surface area contributed by atoms with Gasteiger partial charge in [0.1, 0.15) is 6.04 Å². The molecule has 0 aliphatic carbocycles. The smallest absolute Gasteiger partial charge is 0.255 e. The molecule has 31 heavy (non-hydrogen) atoms. The number of anilines is 1. The third kappa shape index (κ3) is 5.61. The average molecular weight is 426 g/mol. The van der Waals surface area contributed by atoms with Gasteiger partial charge in [-0.25, -0.2) is 0 Å². The lowest BCUT2D eigenvalue weighted by Crippen LogP contribution is -2.52. The molecule has 164 valence electrons. The van der Waals surface area contributed by atoms with Crippen LogP contribution in [0.5, 0.6) is 0 Å². The topological polar surface area (TPSA) is 144 Å². The van der Waals surface area contributed by atoms with Gasteiger partial charge in [-0.05, 0) is 36.9 Å². The van der Waals surface area contributed by atoms with Crippen molar-refractivity contribution in [1.29, 1.82) is 0 Å². The Hall–Kier alpha value is -3.39. The van der Waals surface area contributed by atoms with Gasteiger partial charge in [0.15, 0.2) is 0 Å². The molecule has 4 amide bonds. The summed E-state index contributed by atoms with van der Waals surface area (Å²) in [6.45, 7) is 0.729. The highest BCUT2D eigenvalue weighted by Gasteiger charge is 2.39. The van der Waals surface area contributed by atoms with Crippen LogP contribution in [0.25, 0.3) is 10.4 Å². The van der Waals surface area contributed by atoms with Crippen molar-refractivity contribution in [2.24, 2.45) is 5.11 Å². The second kappa shape index (κ2) is 10.6. The fraction of sp³-hybridized carbons (Fsp3) is 0.524. The molecule has 2 heterocycles. The quantitative estimate of drug-likeness (QED) is 0.195. The van der Waals surface area contributed by atoms with Gasteiger partial charge in [-0.3, -0.25) is 24.5 Å². The standard InChI is InChI=1S/C21H26N6O4/c22-26-23-12-5-3-1-2-4-9-18(28)24-16-8-6-7-14-15(16)13-27(21(14)31)17-10-11-19(29)25-20(17)30/h6-8,17H,1-5,9-13H2,(H,24,28)(H,25,29,30). The number of carbonyl (C=O) groups excluding carboxylic acids is 4. The van der Waals surface area contributed by atoms with E-state index in [0.717, 1.165) is 32.1 Å². The molecule has 0 bridgehead atoms. The van der Waals surface area contributed by atoms with E-state index in [-0.39, 0.29) is 30.7 Å². The fourth-order valence-electron chi connectivity index (χ4n) is 3.96. The van der Waals surface area contributed by atoms with Crippen LogP contribution >= 0.6 is 0 Å². The Kier molecular flexibility index (Phi) is 7.61. The predicted octanol–water partition coefficient (Wildman–Crippen LogP) is 3.04. The zero-order valence-corrected chi connectivity index (χ0v) is 17.3. The van der Waals surface area contributed by atoms with E-state index in [0.29, 0.717) is 36.2 Å². The van der Waals surface area contributed by atoms with Crippen LogP contribution in [-0.2, 0) is 20.9 Å². The first-order valence-corrected chi connectivity index (χ1v) is 10.6. The molecule has 2 aliphatic heterocycles. The van der Waals surface area contributed by atoms with Gasteiger partial charge in [0.25, 0.3) is 5.91 Å². The van der Waals surface area contributed by atoms with Crippen LogP contribution in [-0.4, -0.2) is 41.1 Å². The minimum atomic E-state index is -0.681. The molecule has 10 nitrogen and oxygen atoms in total. The van der Waals surface area contributed by atoms with E-state index in [2.05, 4.69) is 20.7 Å². The van der Waals surface area contributed by atoms with Gasteiger partial charge in [-0.15, -0.1) is 0 Å². The molecule has 1 aromatic rings. The van der Waals surface area contributed by atoms with Crippen molar-refractivity contribution in [2.75, 3.05) is 11.9 Å². The van der Waals surface area contributed by atoms with E-state index >= 15 is 0 Å². The van der Waals surface area contributed by atoms with E-state index < -0.39 is 11.9 Å². The summed E-state index contributed by atoms with van der Waals surface area (Å²) in [4.78, 5) is 53.0. The number of rotatable bonds is 10. The van der Waals surface area contributed by atoms with Crippen LogP contribution in [0.15, 0.2) is 23.3 Å². The molecule has 0 aromatic heterocycles. The normalized spacial score (nSPS) is 17.7. The first kappa shape index (κ1) is 22.3. The third-order valence-electron chi connectivity index (χ3n) is 5.58. The monoisotopic (exact) mass is 426 g/mol. The lowest BCUT2D eigenvalue weighted by molar-refractivity contribution is -0.137. The molecule has 1 atom stereocenters. The Morgan fingerprint density at radius 3 is 2.74 bits per heavy atom. The molecule has 1 aromatic carbocycles. The minimum Gasteiger partial charge on any atom is -0.326 e. The Morgan fingerprint density at radius 1 is 1.19 bits per heavy atom. The summed E-state index contributed by atoms with van der Waals surface area (Å²) in [6.07, 6.45) is 5.34. The third-order valence-corrected chi connectivity index (χ3v) is 5.58. The summed E-state index contributed by atoms with van der Waals surface area (Å²) in [6, 6.07) is 4.48. The van der Waals surface area contributed by atoms with E-state index in [1.54, 1.807) is 18.2 Å². The van der Waals surface area contributed by atoms with Gasteiger partial charge < -0.3 is 10.2 Å². The molecule has 10 heteroatoms. The van der Waals surface area contributed by atoms with Gasteiger partial charge in [0, 0.05) is 47.7 Å². The molecular weight excluding hydrogens is 400 g/mol. The minimum absolute atomic E-state index is 0.116. The van der Waals surface area contributed by atoms with Gasteiger partial charge >= 0.3 is 0 Å². The van der Waals surface area contributed by atoms with Gasteiger partial charge in [-0.1, -0.05) is 30.4 Å². The molecule has 3 rings (SSSR count). The maximum Gasteiger partial charge on any atom is 0.255 e. The van der Waals surface area contributed by atoms with Crippen molar-refractivity contribution in [3.05, 3.63) is 39.8 Å². The van der Waals surface area contributed by atoms with E-state index in [9.17, 15) is 19.2 Å². The van der Waals surface area contributed by atoms with E-state index in [1.165, 1.54) is 4.90 Å². The Labute approximate surface area is 180 Å². The number of nitrogens with zero attached hydrogens (tertiary/aromatic N) is 4. The summed E-state index contributed by atoms with van der Waals surface area (Å²) >= 11 is 0. The molecule has 1 unspecified atom stereocenters. The molecule has 1 saturated heterocycles.